The minimum Gasteiger partial charge on any atom is -0.488 e. The third-order valence-electron chi connectivity index (χ3n) is 3.05. The monoisotopic (exact) mass is 280 g/mol. The van der Waals surface area contributed by atoms with Crippen molar-refractivity contribution in [3.05, 3.63) is 39.9 Å². The summed E-state index contributed by atoms with van der Waals surface area (Å²) < 4.78 is 6.50. The molecule has 1 aromatic rings. The van der Waals surface area contributed by atoms with Crippen LogP contribution in [0.4, 0.5) is 0 Å². The number of ether oxygens (including phenoxy) is 1. The van der Waals surface area contributed by atoms with Crippen LogP contribution in [0, 0.1) is 0 Å². The number of fused-ring (bicyclic) bond motifs is 3. The van der Waals surface area contributed by atoms with Gasteiger partial charge in [-0.15, -0.1) is 0 Å². The number of halogens is 1. The highest BCUT2D eigenvalue weighted by atomic mass is 79.9. The molecule has 3 rings (SSSR count). The Morgan fingerprint density at radius 3 is 3.06 bits per heavy atom. The first-order chi connectivity index (χ1) is 7.66. The zero-order chi connectivity index (χ0) is 11.3. The second kappa shape index (κ2) is 3.35. The van der Waals surface area contributed by atoms with Gasteiger partial charge >= 0.3 is 5.97 Å². The summed E-state index contributed by atoms with van der Waals surface area (Å²) in [4.78, 5) is 11.1. The second-order valence-electron chi connectivity index (χ2n) is 4.02. The smallest absolute Gasteiger partial charge is 0.339 e. The van der Waals surface area contributed by atoms with Gasteiger partial charge in [-0.1, -0.05) is 28.1 Å². The Morgan fingerprint density at radius 1 is 1.50 bits per heavy atom. The van der Waals surface area contributed by atoms with Gasteiger partial charge in [0.1, 0.15) is 17.4 Å². The van der Waals surface area contributed by atoms with Crippen molar-refractivity contribution in [2.75, 3.05) is 0 Å². The van der Waals surface area contributed by atoms with Gasteiger partial charge in [-0.25, -0.2) is 4.79 Å². The molecule has 16 heavy (non-hydrogen) atoms. The Balaban J connectivity index is 2.20. The number of carbonyl (C=O) groups is 1. The van der Waals surface area contributed by atoms with Gasteiger partial charge in [0, 0.05) is 22.4 Å². The molecule has 2 aliphatic rings. The minimum absolute atomic E-state index is 0.0856. The van der Waals surface area contributed by atoms with Crippen LogP contribution >= 0.6 is 15.9 Å². The fourth-order valence-electron chi connectivity index (χ4n) is 2.36. The molecule has 1 aliphatic carbocycles. The van der Waals surface area contributed by atoms with Gasteiger partial charge in [0.25, 0.3) is 0 Å². The molecule has 0 unspecified atom stereocenters. The van der Waals surface area contributed by atoms with E-state index in [1.165, 1.54) is 0 Å². The van der Waals surface area contributed by atoms with Crippen LogP contribution in [0.25, 0.3) is 0 Å². The van der Waals surface area contributed by atoms with Crippen molar-refractivity contribution in [3.8, 4) is 5.75 Å². The molecule has 1 N–H and O–H groups in total. The van der Waals surface area contributed by atoms with E-state index in [1.807, 2.05) is 6.07 Å². The van der Waals surface area contributed by atoms with Gasteiger partial charge in [-0.05, 0) is 12.1 Å². The molecule has 1 heterocycles. The van der Waals surface area contributed by atoms with Crippen LogP contribution < -0.4 is 4.74 Å². The molecule has 0 saturated heterocycles. The van der Waals surface area contributed by atoms with Crippen LogP contribution in [0.2, 0.25) is 0 Å². The molecule has 0 fully saturated rings. The van der Waals surface area contributed by atoms with E-state index in [9.17, 15) is 4.79 Å². The minimum atomic E-state index is -0.943. The van der Waals surface area contributed by atoms with E-state index in [2.05, 4.69) is 28.1 Å². The summed E-state index contributed by atoms with van der Waals surface area (Å²) in [5.74, 6) is -0.192. The Bertz CT molecular complexity index is 507. The van der Waals surface area contributed by atoms with Gasteiger partial charge in [0.15, 0.2) is 0 Å². The van der Waals surface area contributed by atoms with E-state index in [0.717, 1.165) is 16.5 Å². The van der Waals surface area contributed by atoms with Crippen LogP contribution in [0.3, 0.4) is 0 Å². The van der Waals surface area contributed by atoms with Crippen molar-refractivity contribution < 1.29 is 14.6 Å². The molecule has 0 bridgehead atoms. The Labute approximate surface area is 101 Å². The van der Waals surface area contributed by atoms with Crippen molar-refractivity contribution in [1.82, 2.24) is 0 Å². The number of hydrogen-bond donors (Lipinski definition) is 1. The second-order valence-corrected chi connectivity index (χ2v) is 4.94. The van der Waals surface area contributed by atoms with E-state index >= 15 is 0 Å². The summed E-state index contributed by atoms with van der Waals surface area (Å²) >= 11 is 3.34. The van der Waals surface area contributed by atoms with Crippen molar-refractivity contribution in [2.24, 2.45) is 0 Å². The average molecular weight is 281 g/mol. The highest BCUT2D eigenvalue weighted by Gasteiger charge is 2.37. The van der Waals surface area contributed by atoms with Gasteiger partial charge in [0.05, 0.1) is 0 Å². The lowest BCUT2D eigenvalue weighted by atomic mass is 9.97. The lowest BCUT2D eigenvalue weighted by molar-refractivity contribution is 0.0691. The van der Waals surface area contributed by atoms with E-state index < -0.39 is 5.97 Å². The van der Waals surface area contributed by atoms with Crippen LogP contribution in [0.1, 0.15) is 28.3 Å². The van der Waals surface area contributed by atoms with Crippen LogP contribution in [0.15, 0.2) is 28.8 Å². The van der Waals surface area contributed by atoms with Gasteiger partial charge < -0.3 is 9.84 Å². The molecule has 2 atom stereocenters. The first kappa shape index (κ1) is 9.90. The lowest BCUT2D eigenvalue weighted by Gasteiger charge is -2.08. The molecule has 82 valence electrons. The number of carboxylic acids is 1. The first-order valence-electron chi connectivity index (χ1n) is 5.07. The topological polar surface area (TPSA) is 46.5 Å². The number of carboxylic acid groups (broad SMARTS) is 1. The standard InChI is InChI=1S/C12H9BrO3/c13-6-4-8-7-2-1-3-10(7)16-11(8)9(5-6)12(14)15/h1-2,4-5,7,10H,3H2,(H,14,15)/t7-,10-/m0/s1. The Kier molecular flexibility index (Phi) is 2.07. The van der Waals surface area contributed by atoms with Gasteiger partial charge in [-0.3, -0.25) is 0 Å². The van der Waals surface area contributed by atoms with Crippen molar-refractivity contribution >= 4 is 21.9 Å². The molecular formula is C12H9BrO3. The van der Waals surface area contributed by atoms with Crippen LogP contribution in [0.5, 0.6) is 5.75 Å². The van der Waals surface area contributed by atoms with E-state index in [0.29, 0.717) is 5.75 Å². The lowest BCUT2D eigenvalue weighted by Crippen LogP contribution is -2.12. The molecule has 1 aromatic carbocycles. The third kappa shape index (κ3) is 1.29. The fraction of sp³-hybridized carbons (Fsp3) is 0.250. The van der Waals surface area contributed by atoms with Crippen LogP contribution in [-0.4, -0.2) is 17.2 Å². The SMILES string of the molecule is O=C(O)c1cc(Br)cc2c1O[C@H]1CC=C[C@@H]21. The molecule has 0 amide bonds. The highest BCUT2D eigenvalue weighted by Crippen LogP contribution is 2.46. The molecule has 0 saturated carbocycles. The van der Waals surface area contributed by atoms with Crippen molar-refractivity contribution in [1.29, 1.82) is 0 Å². The molecule has 0 spiro atoms. The first-order valence-corrected chi connectivity index (χ1v) is 5.86. The normalized spacial score (nSPS) is 25.1. The van der Waals surface area contributed by atoms with Crippen molar-refractivity contribution in [2.45, 2.75) is 18.4 Å². The predicted molar refractivity (Wildman–Crippen MR) is 62.0 cm³/mol. The van der Waals surface area contributed by atoms with E-state index in [4.69, 9.17) is 9.84 Å². The third-order valence-corrected chi connectivity index (χ3v) is 3.51. The Hall–Kier alpha value is -1.29. The summed E-state index contributed by atoms with van der Waals surface area (Å²) in [7, 11) is 0. The molecule has 4 heteroatoms. The molecule has 1 aliphatic heterocycles. The maximum Gasteiger partial charge on any atom is 0.339 e. The van der Waals surface area contributed by atoms with Crippen LogP contribution in [-0.2, 0) is 0 Å². The zero-order valence-corrected chi connectivity index (χ0v) is 9.90. The quantitative estimate of drug-likeness (QED) is 0.805. The number of rotatable bonds is 1. The summed E-state index contributed by atoms with van der Waals surface area (Å²) in [6.45, 7) is 0. The summed E-state index contributed by atoms with van der Waals surface area (Å²) in [5.41, 5.74) is 1.22. The number of benzene rings is 1. The molecule has 0 radical (unpaired) electrons. The van der Waals surface area contributed by atoms with Crippen molar-refractivity contribution in [3.63, 3.8) is 0 Å². The maximum atomic E-state index is 11.1. The molecular weight excluding hydrogens is 272 g/mol. The largest absolute Gasteiger partial charge is 0.488 e. The van der Waals surface area contributed by atoms with Gasteiger partial charge in [-0.2, -0.15) is 0 Å². The Morgan fingerprint density at radius 2 is 2.31 bits per heavy atom. The predicted octanol–water partition coefficient (Wildman–Crippen LogP) is 2.95. The zero-order valence-electron chi connectivity index (χ0n) is 8.31. The summed E-state index contributed by atoms with van der Waals surface area (Å²) in [6, 6.07) is 3.54. The fourth-order valence-corrected chi connectivity index (χ4v) is 2.83. The number of aromatic carboxylic acids is 1. The molecule has 3 nitrogen and oxygen atoms in total. The van der Waals surface area contributed by atoms with E-state index in [-0.39, 0.29) is 17.6 Å². The number of hydrogen-bond acceptors (Lipinski definition) is 2. The van der Waals surface area contributed by atoms with E-state index in [1.54, 1.807) is 6.07 Å². The average Bonchev–Trinajstić information content (AvgIpc) is 2.77. The highest BCUT2D eigenvalue weighted by molar-refractivity contribution is 9.10. The van der Waals surface area contributed by atoms with Gasteiger partial charge in [0.2, 0.25) is 0 Å². The molecule has 0 aromatic heterocycles. The summed E-state index contributed by atoms with van der Waals surface area (Å²) in [6.07, 6.45) is 5.12. The maximum absolute atomic E-state index is 11.1. The summed E-state index contributed by atoms with van der Waals surface area (Å²) in [5, 5.41) is 9.12.